The fourth-order valence-corrected chi connectivity index (χ4v) is 4.03. The van der Waals surface area contributed by atoms with Gasteiger partial charge in [0.1, 0.15) is 0 Å². The smallest absolute Gasteiger partial charge is 0.0515 e. The summed E-state index contributed by atoms with van der Waals surface area (Å²) in [7, 11) is 0. The van der Waals surface area contributed by atoms with E-state index < -0.39 is 0 Å². The largest absolute Gasteiger partial charge is 0.271 e. The third kappa shape index (κ3) is 2.93. The highest BCUT2D eigenvalue weighted by molar-refractivity contribution is 7.17. The molecule has 3 aromatic rings. The molecule has 1 atom stereocenters. The van der Waals surface area contributed by atoms with Crippen molar-refractivity contribution >= 4 is 44.6 Å². The molecule has 1 unspecified atom stereocenters. The predicted octanol–water partition coefficient (Wildman–Crippen LogP) is 4.96. The molecule has 108 valence electrons. The van der Waals surface area contributed by atoms with Crippen molar-refractivity contribution in [2.24, 2.45) is 5.84 Å². The van der Waals surface area contributed by atoms with Gasteiger partial charge in [-0.05, 0) is 46.5 Å². The molecule has 1 aromatic heterocycles. The Hall–Kier alpha value is -1.10. The molecule has 0 fully saturated rings. The summed E-state index contributed by atoms with van der Waals surface area (Å²) in [4.78, 5) is 0. The minimum absolute atomic E-state index is 0.0291. The number of halogens is 2. The second kappa shape index (κ2) is 6.34. The molecular formula is C16H14Cl2N2S. The lowest BCUT2D eigenvalue weighted by Gasteiger charge is -2.17. The Morgan fingerprint density at radius 3 is 2.48 bits per heavy atom. The first-order valence-corrected chi connectivity index (χ1v) is 8.19. The van der Waals surface area contributed by atoms with Crippen LogP contribution in [0.15, 0.2) is 47.8 Å². The van der Waals surface area contributed by atoms with Crippen molar-refractivity contribution in [2.75, 3.05) is 0 Å². The summed E-state index contributed by atoms with van der Waals surface area (Å²) in [5.74, 6) is 5.77. The van der Waals surface area contributed by atoms with Gasteiger partial charge < -0.3 is 0 Å². The van der Waals surface area contributed by atoms with Crippen molar-refractivity contribution < 1.29 is 0 Å². The molecule has 0 amide bonds. The molecule has 1 heterocycles. The van der Waals surface area contributed by atoms with Gasteiger partial charge in [0.15, 0.2) is 0 Å². The molecule has 0 spiro atoms. The minimum atomic E-state index is -0.0291. The van der Waals surface area contributed by atoms with Crippen LogP contribution in [0.2, 0.25) is 10.0 Å². The van der Waals surface area contributed by atoms with E-state index in [0.29, 0.717) is 16.5 Å². The van der Waals surface area contributed by atoms with Crippen LogP contribution >= 0.6 is 34.5 Å². The maximum atomic E-state index is 6.26. The van der Waals surface area contributed by atoms with E-state index in [1.807, 2.05) is 30.3 Å². The van der Waals surface area contributed by atoms with Crippen molar-refractivity contribution in [3.05, 3.63) is 69.0 Å². The standard InChI is InChI=1S/C16H14Cl2N2S/c17-13-5-3-6-14(18)11(13)8-15(20-19)12-9-21-16-7-2-1-4-10(12)16/h1-7,9,15,20H,8,19H2. The number of benzene rings is 2. The van der Waals surface area contributed by atoms with Crippen molar-refractivity contribution in [1.29, 1.82) is 0 Å². The van der Waals surface area contributed by atoms with E-state index in [-0.39, 0.29) is 6.04 Å². The highest BCUT2D eigenvalue weighted by Crippen LogP contribution is 2.34. The van der Waals surface area contributed by atoms with E-state index >= 15 is 0 Å². The molecule has 0 saturated carbocycles. The fraction of sp³-hybridized carbons (Fsp3) is 0.125. The van der Waals surface area contributed by atoms with Gasteiger partial charge in [0.2, 0.25) is 0 Å². The van der Waals surface area contributed by atoms with Gasteiger partial charge in [-0.15, -0.1) is 11.3 Å². The summed E-state index contributed by atoms with van der Waals surface area (Å²) < 4.78 is 1.25. The number of nitrogens with two attached hydrogens (primary N) is 1. The molecule has 0 aliphatic carbocycles. The topological polar surface area (TPSA) is 38.0 Å². The van der Waals surface area contributed by atoms with Gasteiger partial charge in [0.05, 0.1) is 6.04 Å². The number of fused-ring (bicyclic) bond motifs is 1. The van der Waals surface area contributed by atoms with E-state index in [1.54, 1.807) is 11.3 Å². The molecule has 2 aromatic carbocycles. The molecule has 0 radical (unpaired) electrons. The summed E-state index contributed by atoms with van der Waals surface area (Å²) in [5, 5.41) is 4.69. The molecule has 5 heteroatoms. The zero-order chi connectivity index (χ0) is 14.8. The highest BCUT2D eigenvalue weighted by atomic mass is 35.5. The van der Waals surface area contributed by atoms with Crippen molar-refractivity contribution in [3.63, 3.8) is 0 Å². The second-order valence-corrected chi connectivity index (χ2v) is 6.54. The first kappa shape index (κ1) is 14.8. The Labute approximate surface area is 137 Å². The van der Waals surface area contributed by atoms with Gasteiger partial charge >= 0.3 is 0 Å². The van der Waals surface area contributed by atoms with E-state index in [4.69, 9.17) is 29.0 Å². The molecule has 0 aliphatic heterocycles. The fourth-order valence-electron chi connectivity index (χ4n) is 2.46. The van der Waals surface area contributed by atoms with Crippen LogP contribution in [0.25, 0.3) is 10.1 Å². The monoisotopic (exact) mass is 336 g/mol. The van der Waals surface area contributed by atoms with Crippen molar-refractivity contribution in [2.45, 2.75) is 12.5 Å². The summed E-state index contributed by atoms with van der Waals surface area (Å²) in [6.45, 7) is 0. The Morgan fingerprint density at radius 2 is 1.76 bits per heavy atom. The Morgan fingerprint density at radius 1 is 1.05 bits per heavy atom. The number of hydrogen-bond acceptors (Lipinski definition) is 3. The lowest BCUT2D eigenvalue weighted by molar-refractivity contribution is 0.557. The average molecular weight is 337 g/mol. The second-order valence-electron chi connectivity index (χ2n) is 4.81. The van der Waals surface area contributed by atoms with E-state index in [0.717, 1.165) is 5.56 Å². The summed E-state index contributed by atoms with van der Waals surface area (Å²) >= 11 is 14.2. The van der Waals surface area contributed by atoms with E-state index in [2.05, 4.69) is 22.9 Å². The quantitative estimate of drug-likeness (QED) is 0.522. The summed E-state index contributed by atoms with van der Waals surface area (Å²) in [5.41, 5.74) is 4.98. The number of rotatable bonds is 4. The normalized spacial score (nSPS) is 12.7. The Kier molecular flexibility index (Phi) is 4.48. The predicted molar refractivity (Wildman–Crippen MR) is 92.1 cm³/mol. The van der Waals surface area contributed by atoms with Crippen LogP contribution < -0.4 is 11.3 Å². The lowest BCUT2D eigenvalue weighted by atomic mass is 9.99. The lowest BCUT2D eigenvalue weighted by Crippen LogP contribution is -2.29. The van der Waals surface area contributed by atoms with Crippen molar-refractivity contribution in [1.82, 2.24) is 5.43 Å². The number of thiophene rings is 1. The summed E-state index contributed by atoms with van der Waals surface area (Å²) in [6, 6.07) is 13.8. The zero-order valence-corrected chi connectivity index (χ0v) is 13.5. The first-order chi connectivity index (χ1) is 10.2. The van der Waals surface area contributed by atoms with Crippen LogP contribution in [0.4, 0.5) is 0 Å². The van der Waals surface area contributed by atoms with Crippen LogP contribution in [-0.2, 0) is 6.42 Å². The highest BCUT2D eigenvalue weighted by Gasteiger charge is 2.18. The molecule has 21 heavy (non-hydrogen) atoms. The van der Waals surface area contributed by atoms with Crippen LogP contribution in [0.1, 0.15) is 17.2 Å². The average Bonchev–Trinajstić information content (AvgIpc) is 2.91. The summed E-state index contributed by atoms with van der Waals surface area (Å²) in [6.07, 6.45) is 0.649. The van der Waals surface area contributed by atoms with Crippen LogP contribution in [-0.4, -0.2) is 0 Å². The molecule has 3 N–H and O–H groups in total. The third-order valence-corrected chi connectivity index (χ3v) is 5.25. The molecule has 2 nitrogen and oxygen atoms in total. The first-order valence-electron chi connectivity index (χ1n) is 6.56. The third-order valence-electron chi connectivity index (χ3n) is 3.56. The number of nitrogens with one attached hydrogen (secondary N) is 1. The SMILES string of the molecule is NNC(Cc1c(Cl)cccc1Cl)c1csc2ccccc12. The van der Waals surface area contributed by atoms with Gasteiger partial charge in [0.25, 0.3) is 0 Å². The number of hydrazine groups is 1. The molecule has 0 aliphatic rings. The Bertz CT molecular complexity index is 750. The van der Waals surface area contributed by atoms with Crippen molar-refractivity contribution in [3.8, 4) is 0 Å². The van der Waals surface area contributed by atoms with Crippen LogP contribution in [0, 0.1) is 0 Å². The number of hydrogen-bond donors (Lipinski definition) is 2. The van der Waals surface area contributed by atoms with E-state index in [1.165, 1.54) is 15.6 Å². The molecule has 3 rings (SSSR count). The molecular weight excluding hydrogens is 323 g/mol. The van der Waals surface area contributed by atoms with Gasteiger partial charge in [-0.3, -0.25) is 11.3 Å². The maximum Gasteiger partial charge on any atom is 0.0515 e. The van der Waals surface area contributed by atoms with Crippen LogP contribution in [0.3, 0.4) is 0 Å². The zero-order valence-electron chi connectivity index (χ0n) is 11.1. The maximum absolute atomic E-state index is 6.26. The van der Waals surface area contributed by atoms with Crippen LogP contribution in [0.5, 0.6) is 0 Å². The molecule has 0 saturated heterocycles. The van der Waals surface area contributed by atoms with Gasteiger partial charge in [0, 0.05) is 14.7 Å². The minimum Gasteiger partial charge on any atom is -0.271 e. The van der Waals surface area contributed by atoms with E-state index in [9.17, 15) is 0 Å². The van der Waals surface area contributed by atoms with Gasteiger partial charge in [-0.1, -0.05) is 47.5 Å². The van der Waals surface area contributed by atoms with Gasteiger partial charge in [-0.2, -0.15) is 0 Å². The molecule has 0 bridgehead atoms. The Balaban J connectivity index is 1.99. The van der Waals surface area contributed by atoms with Gasteiger partial charge in [-0.25, -0.2) is 0 Å².